The Labute approximate surface area is 146 Å². The molecule has 0 heterocycles. The highest BCUT2D eigenvalue weighted by Crippen LogP contribution is 2.34. The largest absolute Gasteiger partial charge is 0.465 e. The average Bonchev–Trinajstić information content (AvgIpc) is 3.04. The lowest BCUT2D eigenvalue weighted by atomic mass is 9.98. The number of fused-ring (bicyclic) bond motifs is 1. The van der Waals surface area contributed by atoms with Gasteiger partial charge in [0.1, 0.15) is 5.82 Å². The molecule has 0 spiro atoms. The molecule has 4 nitrogen and oxygen atoms in total. The number of benzene rings is 2. The van der Waals surface area contributed by atoms with Crippen molar-refractivity contribution in [2.45, 2.75) is 25.2 Å². The monoisotopic (exact) mass is 341 g/mol. The van der Waals surface area contributed by atoms with Crippen LogP contribution in [0.5, 0.6) is 0 Å². The fourth-order valence-corrected chi connectivity index (χ4v) is 3.34. The molecular formula is C20H20FNO3. The van der Waals surface area contributed by atoms with Crippen LogP contribution in [0, 0.1) is 5.82 Å². The molecule has 1 atom stereocenters. The van der Waals surface area contributed by atoms with Gasteiger partial charge in [-0.2, -0.15) is 0 Å². The van der Waals surface area contributed by atoms with E-state index in [2.05, 4.69) is 28.3 Å². The molecule has 2 aromatic rings. The second kappa shape index (κ2) is 7.47. The van der Waals surface area contributed by atoms with Crippen molar-refractivity contribution in [3.63, 3.8) is 0 Å². The smallest absolute Gasteiger partial charge is 0.340 e. The predicted octanol–water partition coefficient (Wildman–Crippen LogP) is 3.46. The van der Waals surface area contributed by atoms with E-state index in [4.69, 9.17) is 0 Å². The second-order valence-corrected chi connectivity index (χ2v) is 6.17. The quantitative estimate of drug-likeness (QED) is 0.848. The van der Waals surface area contributed by atoms with Gasteiger partial charge in [-0.15, -0.1) is 0 Å². The molecule has 2 aromatic carbocycles. The molecule has 0 aliphatic heterocycles. The van der Waals surface area contributed by atoms with Gasteiger partial charge in [-0.05, 0) is 54.5 Å². The minimum Gasteiger partial charge on any atom is -0.465 e. The zero-order chi connectivity index (χ0) is 17.8. The maximum atomic E-state index is 13.6. The molecular weight excluding hydrogens is 321 g/mol. The Bertz CT molecular complexity index is 803. The van der Waals surface area contributed by atoms with Crippen molar-refractivity contribution in [3.8, 4) is 0 Å². The number of aryl methyl sites for hydroxylation is 1. The highest BCUT2D eigenvalue weighted by atomic mass is 19.1. The van der Waals surface area contributed by atoms with Crippen LogP contribution < -0.4 is 5.32 Å². The van der Waals surface area contributed by atoms with Crippen LogP contribution in [0.1, 0.15) is 50.6 Å². The van der Waals surface area contributed by atoms with Crippen LogP contribution in [0.4, 0.5) is 4.39 Å². The fraction of sp³-hybridized carbons (Fsp3) is 0.300. The number of hydrogen-bond acceptors (Lipinski definition) is 3. The van der Waals surface area contributed by atoms with Crippen LogP contribution in [0.3, 0.4) is 0 Å². The van der Waals surface area contributed by atoms with Gasteiger partial charge in [-0.1, -0.05) is 24.3 Å². The number of carbonyl (C=O) groups excluding carboxylic acids is 2. The zero-order valence-electron chi connectivity index (χ0n) is 14.0. The maximum absolute atomic E-state index is 13.6. The summed E-state index contributed by atoms with van der Waals surface area (Å²) in [7, 11) is 1.17. The van der Waals surface area contributed by atoms with Crippen LogP contribution in [-0.4, -0.2) is 25.5 Å². The van der Waals surface area contributed by atoms with E-state index in [1.807, 2.05) is 6.07 Å². The molecule has 0 saturated heterocycles. The number of carbonyl (C=O) groups is 2. The predicted molar refractivity (Wildman–Crippen MR) is 92.2 cm³/mol. The van der Waals surface area contributed by atoms with Crippen molar-refractivity contribution in [1.82, 2.24) is 5.32 Å². The number of ether oxygens (including phenoxy) is 1. The van der Waals surface area contributed by atoms with Crippen LogP contribution >= 0.6 is 0 Å². The van der Waals surface area contributed by atoms with Gasteiger partial charge in [0.15, 0.2) is 0 Å². The SMILES string of the molecule is COC(=O)c1cc(C(=O)NCCC2CCc3ccccc32)ccc1F. The summed E-state index contributed by atoms with van der Waals surface area (Å²) >= 11 is 0. The Hall–Kier alpha value is -2.69. The van der Waals surface area contributed by atoms with Gasteiger partial charge in [0, 0.05) is 12.1 Å². The molecule has 1 amide bonds. The van der Waals surface area contributed by atoms with E-state index >= 15 is 0 Å². The lowest BCUT2D eigenvalue weighted by Crippen LogP contribution is -2.25. The van der Waals surface area contributed by atoms with Crippen molar-refractivity contribution in [2.75, 3.05) is 13.7 Å². The van der Waals surface area contributed by atoms with E-state index in [9.17, 15) is 14.0 Å². The van der Waals surface area contributed by atoms with E-state index < -0.39 is 11.8 Å². The number of methoxy groups -OCH3 is 1. The first-order chi connectivity index (χ1) is 12.1. The number of halogens is 1. The zero-order valence-corrected chi connectivity index (χ0v) is 14.0. The van der Waals surface area contributed by atoms with E-state index in [-0.39, 0.29) is 17.0 Å². The Morgan fingerprint density at radius 1 is 1.24 bits per heavy atom. The van der Waals surface area contributed by atoms with Crippen LogP contribution in [-0.2, 0) is 11.2 Å². The standard InChI is InChI=1S/C20H20FNO3/c1-25-20(24)17-12-15(8-9-18(17)21)19(23)22-11-10-14-7-6-13-4-2-3-5-16(13)14/h2-5,8-9,12,14H,6-7,10-11H2,1H3,(H,22,23). The van der Waals surface area contributed by atoms with Crippen molar-refractivity contribution in [2.24, 2.45) is 0 Å². The van der Waals surface area contributed by atoms with Gasteiger partial charge in [0.25, 0.3) is 5.91 Å². The van der Waals surface area contributed by atoms with Crippen LogP contribution in [0.25, 0.3) is 0 Å². The third-order valence-electron chi connectivity index (χ3n) is 4.67. The van der Waals surface area contributed by atoms with Gasteiger partial charge in [-0.3, -0.25) is 4.79 Å². The van der Waals surface area contributed by atoms with Crippen molar-refractivity contribution >= 4 is 11.9 Å². The average molecular weight is 341 g/mol. The van der Waals surface area contributed by atoms with Crippen LogP contribution in [0.2, 0.25) is 0 Å². The molecule has 1 unspecified atom stereocenters. The highest BCUT2D eigenvalue weighted by Gasteiger charge is 2.22. The lowest BCUT2D eigenvalue weighted by molar-refractivity contribution is 0.0595. The van der Waals surface area contributed by atoms with Gasteiger partial charge in [0.05, 0.1) is 12.7 Å². The first-order valence-electron chi connectivity index (χ1n) is 8.34. The molecule has 1 N–H and O–H groups in total. The number of hydrogen-bond donors (Lipinski definition) is 1. The van der Waals surface area contributed by atoms with Crippen molar-refractivity contribution < 1.29 is 18.7 Å². The molecule has 25 heavy (non-hydrogen) atoms. The number of amides is 1. The lowest BCUT2D eigenvalue weighted by Gasteiger charge is -2.12. The molecule has 0 radical (unpaired) electrons. The van der Waals surface area contributed by atoms with Crippen molar-refractivity contribution in [3.05, 3.63) is 70.5 Å². The molecule has 0 bridgehead atoms. The maximum Gasteiger partial charge on any atom is 0.340 e. The van der Waals surface area contributed by atoms with Crippen molar-refractivity contribution in [1.29, 1.82) is 0 Å². The first kappa shape index (κ1) is 17.1. The Kier molecular flexibility index (Phi) is 5.12. The van der Waals surface area contributed by atoms with E-state index in [0.717, 1.165) is 25.3 Å². The molecule has 1 aliphatic rings. The third-order valence-corrected chi connectivity index (χ3v) is 4.67. The van der Waals surface area contributed by atoms with Crippen LogP contribution in [0.15, 0.2) is 42.5 Å². The molecule has 1 aliphatic carbocycles. The molecule has 0 saturated carbocycles. The summed E-state index contributed by atoms with van der Waals surface area (Å²) in [6, 6.07) is 12.1. The first-order valence-corrected chi connectivity index (χ1v) is 8.34. The fourth-order valence-electron chi connectivity index (χ4n) is 3.34. The minimum atomic E-state index is -0.797. The van der Waals surface area contributed by atoms with Gasteiger partial charge >= 0.3 is 5.97 Å². The summed E-state index contributed by atoms with van der Waals surface area (Å²) in [4.78, 5) is 23.8. The van der Waals surface area contributed by atoms with E-state index in [0.29, 0.717) is 12.5 Å². The Morgan fingerprint density at radius 3 is 2.84 bits per heavy atom. The second-order valence-electron chi connectivity index (χ2n) is 6.17. The Morgan fingerprint density at radius 2 is 2.04 bits per heavy atom. The molecule has 0 fully saturated rings. The number of nitrogens with one attached hydrogen (secondary N) is 1. The van der Waals surface area contributed by atoms with E-state index in [1.54, 1.807) is 0 Å². The summed E-state index contributed by atoms with van der Waals surface area (Å²) in [6.45, 7) is 0.531. The summed E-state index contributed by atoms with van der Waals surface area (Å²) in [5.41, 5.74) is 2.76. The Balaban J connectivity index is 1.59. The third kappa shape index (κ3) is 3.71. The van der Waals surface area contributed by atoms with Gasteiger partial charge in [-0.25, -0.2) is 9.18 Å². The summed E-state index contributed by atoms with van der Waals surface area (Å²) in [5, 5.41) is 2.85. The summed E-state index contributed by atoms with van der Waals surface area (Å²) < 4.78 is 18.2. The molecule has 0 aromatic heterocycles. The van der Waals surface area contributed by atoms with Gasteiger partial charge < -0.3 is 10.1 Å². The number of rotatable bonds is 5. The van der Waals surface area contributed by atoms with Gasteiger partial charge in [0.2, 0.25) is 0 Å². The molecule has 3 rings (SSSR count). The molecule has 5 heteroatoms. The summed E-state index contributed by atoms with van der Waals surface area (Å²) in [6.07, 6.45) is 3.03. The topological polar surface area (TPSA) is 55.4 Å². The highest BCUT2D eigenvalue weighted by molar-refractivity contribution is 5.98. The molecule has 130 valence electrons. The number of esters is 1. The summed E-state index contributed by atoms with van der Waals surface area (Å²) in [5.74, 6) is -1.37. The normalized spacial score (nSPS) is 15.5. The van der Waals surface area contributed by atoms with E-state index in [1.165, 1.54) is 30.4 Å². The minimum absolute atomic E-state index is 0.236.